The van der Waals surface area contributed by atoms with E-state index < -0.39 is 0 Å². The Morgan fingerprint density at radius 2 is 1.90 bits per heavy atom. The second kappa shape index (κ2) is 4.72. The first kappa shape index (κ1) is 12.8. The number of hydrogen-bond donors (Lipinski definition) is 2. The molecule has 0 amide bonds. The summed E-state index contributed by atoms with van der Waals surface area (Å²) in [6.45, 7) is 4.30. The summed E-state index contributed by atoms with van der Waals surface area (Å²) >= 11 is 5.01. The highest BCUT2D eigenvalue weighted by Gasteiger charge is 2.09. The second-order valence-electron chi connectivity index (χ2n) is 4.97. The van der Waals surface area contributed by atoms with E-state index >= 15 is 0 Å². The summed E-state index contributed by atoms with van der Waals surface area (Å²) in [5.41, 5.74) is 2.53. The lowest BCUT2D eigenvalue weighted by atomic mass is 10.0. The predicted octanol–water partition coefficient (Wildman–Crippen LogP) is 2.89. The number of benzene rings is 1. The third-order valence-electron chi connectivity index (χ3n) is 3.28. The number of rotatable bonds is 2. The van der Waals surface area contributed by atoms with E-state index in [4.69, 9.17) is 12.2 Å². The minimum absolute atomic E-state index is 0.228. The van der Waals surface area contributed by atoms with Gasteiger partial charge in [0.2, 0.25) is 0 Å². The van der Waals surface area contributed by atoms with E-state index in [1.807, 2.05) is 12.1 Å². The highest BCUT2D eigenvalue weighted by atomic mass is 32.1. The molecule has 0 unspecified atom stereocenters. The van der Waals surface area contributed by atoms with E-state index in [-0.39, 0.29) is 5.56 Å². The van der Waals surface area contributed by atoms with Crippen LogP contribution in [0.15, 0.2) is 35.3 Å². The van der Waals surface area contributed by atoms with Crippen LogP contribution < -0.4 is 5.56 Å². The van der Waals surface area contributed by atoms with Crippen molar-refractivity contribution in [2.75, 3.05) is 0 Å². The van der Waals surface area contributed by atoms with Crippen LogP contribution in [-0.2, 0) is 0 Å². The molecule has 2 N–H and O–H groups in total. The molecule has 0 atom stereocenters. The zero-order valence-electron chi connectivity index (χ0n) is 11.2. The Morgan fingerprint density at radius 3 is 2.55 bits per heavy atom. The van der Waals surface area contributed by atoms with Gasteiger partial charge in [0, 0.05) is 0 Å². The Hall–Kier alpha value is -2.21. The third kappa shape index (κ3) is 2.08. The van der Waals surface area contributed by atoms with Gasteiger partial charge in [0.25, 0.3) is 5.56 Å². The van der Waals surface area contributed by atoms with E-state index in [1.54, 1.807) is 4.68 Å². The molecule has 0 saturated heterocycles. The molecule has 0 saturated carbocycles. The van der Waals surface area contributed by atoms with Crippen molar-refractivity contribution in [3.05, 3.63) is 51.2 Å². The molecule has 20 heavy (non-hydrogen) atoms. The van der Waals surface area contributed by atoms with E-state index in [0.29, 0.717) is 21.7 Å². The minimum Gasteiger partial charge on any atom is -0.316 e. The average Bonchev–Trinajstić information content (AvgIpc) is 2.82. The standard InChI is InChI=1S/C14H14N4OS/c1-8(2)9-3-5-10(6-4-9)18-12-11(7-15-18)13(19)17-14(20)16-12/h3-8H,1-2H3,(H2,16,17,19,20). The lowest BCUT2D eigenvalue weighted by molar-refractivity contribution is 0.857. The van der Waals surface area contributed by atoms with Gasteiger partial charge in [-0.2, -0.15) is 5.10 Å². The van der Waals surface area contributed by atoms with Crippen molar-refractivity contribution in [2.24, 2.45) is 0 Å². The first-order valence-corrected chi connectivity index (χ1v) is 6.78. The molecule has 2 heterocycles. The van der Waals surface area contributed by atoms with Gasteiger partial charge in [-0.25, -0.2) is 4.68 Å². The molecule has 0 aliphatic rings. The maximum Gasteiger partial charge on any atom is 0.262 e. The molecule has 2 aromatic heterocycles. The van der Waals surface area contributed by atoms with Crippen molar-refractivity contribution >= 4 is 23.3 Å². The van der Waals surface area contributed by atoms with Gasteiger partial charge in [0.15, 0.2) is 4.77 Å². The van der Waals surface area contributed by atoms with Crippen LogP contribution >= 0.6 is 12.2 Å². The molecule has 0 aliphatic carbocycles. The Labute approximate surface area is 120 Å². The molecule has 0 radical (unpaired) electrons. The zero-order chi connectivity index (χ0) is 14.3. The predicted molar refractivity (Wildman–Crippen MR) is 81.0 cm³/mol. The van der Waals surface area contributed by atoms with Gasteiger partial charge in [-0.05, 0) is 35.8 Å². The molecule has 0 spiro atoms. The minimum atomic E-state index is -0.228. The SMILES string of the molecule is CC(C)c1ccc(-n2ncc3c(=O)[nH]c(=S)[nH]c32)cc1. The fourth-order valence-corrected chi connectivity index (χ4v) is 2.33. The quantitative estimate of drug-likeness (QED) is 0.712. The molecule has 0 fully saturated rings. The van der Waals surface area contributed by atoms with Crippen LogP contribution in [0, 0.1) is 4.77 Å². The van der Waals surface area contributed by atoms with Crippen LogP contribution in [0.1, 0.15) is 25.3 Å². The summed E-state index contributed by atoms with van der Waals surface area (Å²) < 4.78 is 1.98. The number of H-pyrrole nitrogens is 2. The normalized spacial score (nSPS) is 11.3. The Bertz CT molecular complexity index is 871. The van der Waals surface area contributed by atoms with Gasteiger partial charge in [0.05, 0.1) is 11.9 Å². The summed E-state index contributed by atoms with van der Waals surface area (Å²) in [6, 6.07) is 8.10. The summed E-state index contributed by atoms with van der Waals surface area (Å²) in [6.07, 6.45) is 1.54. The molecular weight excluding hydrogens is 272 g/mol. The molecule has 0 bridgehead atoms. The summed E-state index contributed by atoms with van der Waals surface area (Å²) in [5, 5.41) is 4.75. The fraction of sp³-hybridized carbons (Fsp3) is 0.214. The van der Waals surface area contributed by atoms with Crippen LogP contribution in [0.25, 0.3) is 16.7 Å². The van der Waals surface area contributed by atoms with Crippen molar-refractivity contribution < 1.29 is 0 Å². The number of aromatic amines is 2. The Kier molecular flexibility index (Phi) is 3.02. The van der Waals surface area contributed by atoms with Gasteiger partial charge in [-0.1, -0.05) is 26.0 Å². The van der Waals surface area contributed by atoms with Gasteiger partial charge < -0.3 is 4.98 Å². The van der Waals surface area contributed by atoms with Gasteiger partial charge >= 0.3 is 0 Å². The van der Waals surface area contributed by atoms with Crippen molar-refractivity contribution in [1.82, 2.24) is 19.7 Å². The maximum absolute atomic E-state index is 11.8. The van der Waals surface area contributed by atoms with Crippen LogP contribution in [-0.4, -0.2) is 19.7 Å². The van der Waals surface area contributed by atoms with E-state index in [0.717, 1.165) is 5.69 Å². The van der Waals surface area contributed by atoms with Crippen LogP contribution in [0.3, 0.4) is 0 Å². The van der Waals surface area contributed by atoms with E-state index in [1.165, 1.54) is 11.8 Å². The van der Waals surface area contributed by atoms with Gasteiger partial charge in [0.1, 0.15) is 11.0 Å². The molecular formula is C14H14N4OS. The second-order valence-corrected chi connectivity index (χ2v) is 5.38. The smallest absolute Gasteiger partial charge is 0.262 e. The Morgan fingerprint density at radius 1 is 1.20 bits per heavy atom. The van der Waals surface area contributed by atoms with Crippen molar-refractivity contribution in [2.45, 2.75) is 19.8 Å². The number of hydrogen-bond acceptors (Lipinski definition) is 3. The molecule has 3 aromatic rings. The lowest BCUT2D eigenvalue weighted by Crippen LogP contribution is -2.08. The monoisotopic (exact) mass is 286 g/mol. The van der Waals surface area contributed by atoms with E-state index in [9.17, 15) is 4.79 Å². The highest BCUT2D eigenvalue weighted by molar-refractivity contribution is 7.71. The summed E-state index contributed by atoms with van der Waals surface area (Å²) in [5.74, 6) is 0.479. The average molecular weight is 286 g/mol. The molecule has 1 aromatic carbocycles. The van der Waals surface area contributed by atoms with Crippen molar-refractivity contribution in [3.8, 4) is 5.69 Å². The lowest BCUT2D eigenvalue weighted by Gasteiger charge is -2.07. The largest absolute Gasteiger partial charge is 0.316 e. The highest BCUT2D eigenvalue weighted by Crippen LogP contribution is 2.18. The van der Waals surface area contributed by atoms with Crippen molar-refractivity contribution in [1.29, 1.82) is 0 Å². The van der Waals surface area contributed by atoms with E-state index in [2.05, 4.69) is 41.0 Å². The maximum atomic E-state index is 11.8. The summed E-state index contributed by atoms with van der Waals surface area (Å²) in [4.78, 5) is 17.3. The van der Waals surface area contributed by atoms with Crippen molar-refractivity contribution in [3.63, 3.8) is 0 Å². The number of nitrogens with zero attached hydrogens (tertiary/aromatic N) is 2. The molecule has 5 nitrogen and oxygen atoms in total. The molecule has 6 heteroatoms. The number of nitrogens with one attached hydrogen (secondary N) is 2. The zero-order valence-corrected chi connectivity index (χ0v) is 12.0. The van der Waals surface area contributed by atoms with Crippen LogP contribution in [0.2, 0.25) is 0 Å². The third-order valence-corrected chi connectivity index (χ3v) is 3.48. The van der Waals surface area contributed by atoms with Gasteiger partial charge in [-0.15, -0.1) is 0 Å². The fourth-order valence-electron chi connectivity index (χ4n) is 2.14. The molecule has 3 rings (SSSR count). The number of aromatic nitrogens is 4. The molecule has 0 aliphatic heterocycles. The topological polar surface area (TPSA) is 66.5 Å². The summed E-state index contributed by atoms with van der Waals surface area (Å²) in [7, 11) is 0. The van der Waals surface area contributed by atoms with Crippen LogP contribution in [0.4, 0.5) is 0 Å². The molecule has 102 valence electrons. The Balaban J connectivity index is 2.19. The van der Waals surface area contributed by atoms with Gasteiger partial charge in [-0.3, -0.25) is 9.78 Å². The van der Waals surface area contributed by atoms with Crippen LogP contribution in [0.5, 0.6) is 0 Å². The first-order chi connectivity index (χ1) is 9.56. The first-order valence-electron chi connectivity index (χ1n) is 6.37. The number of fused-ring (bicyclic) bond motifs is 1.